The predicted molar refractivity (Wildman–Crippen MR) is 158 cm³/mol. The highest BCUT2D eigenvalue weighted by atomic mass is 19.1. The second-order valence-electron chi connectivity index (χ2n) is 11.4. The number of piperazine rings is 1. The number of Topliss-reactive ketones (excluding diaryl/α,β-unsaturated/α-hetero) is 1. The van der Waals surface area contributed by atoms with Crippen molar-refractivity contribution < 1.29 is 33.3 Å². The number of carbonyl (C=O) groups excluding carboxylic acids is 2. The van der Waals surface area contributed by atoms with E-state index in [1.165, 1.54) is 0 Å². The van der Waals surface area contributed by atoms with Gasteiger partial charge in [-0.1, -0.05) is 20.8 Å². The highest BCUT2D eigenvalue weighted by Crippen LogP contribution is 2.42. The van der Waals surface area contributed by atoms with Gasteiger partial charge in [0, 0.05) is 43.9 Å². The van der Waals surface area contributed by atoms with Gasteiger partial charge in [-0.3, -0.25) is 15.0 Å². The first-order valence-corrected chi connectivity index (χ1v) is 14.3. The van der Waals surface area contributed by atoms with Crippen LogP contribution in [0.5, 0.6) is 17.2 Å². The summed E-state index contributed by atoms with van der Waals surface area (Å²) < 4.78 is 32.5. The molecule has 4 rings (SSSR count). The molecule has 1 fully saturated rings. The van der Waals surface area contributed by atoms with Crippen molar-refractivity contribution in [3.05, 3.63) is 46.3 Å². The molecule has 2 aromatic carbocycles. The molecule has 2 N–H and O–H groups in total. The van der Waals surface area contributed by atoms with Crippen LogP contribution in [-0.2, 0) is 16.8 Å². The first-order chi connectivity index (χ1) is 19.9. The molecule has 2 aliphatic rings. The molecule has 2 aliphatic heterocycles. The quantitative estimate of drug-likeness (QED) is 0.407. The van der Waals surface area contributed by atoms with Crippen molar-refractivity contribution in [1.82, 2.24) is 9.80 Å². The number of rotatable bonds is 10. The third kappa shape index (κ3) is 6.01. The lowest BCUT2D eigenvalue weighted by Crippen LogP contribution is -2.49. The Balaban J connectivity index is 1.64. The molecule has 0 bridgehead atoms. The van der Waals surface area contributed by atoms with Gasteiger partial charge in [-0.05, 0) is 43.0 Å². The van der Waals surface area contributed by atoms with Crippen LogP contribution in [0.1, 0.15) is 61.7 Å². The molecule has 10 nitrogen and oxygen atoms in total. The molecule has 0 spiro atoms. The minimum absolute atomic E-state index is 0.0218. The van der Waals surface area contributed by atoms with Crippen LogP contribution in [0.15, 0.2) is 18.2 Å². The van der Waals surface area contributed by atoms with Crippen molar-refractivity contribution in [1.29, 1.82) is 5.41 Å². The van der Waals surface area contributed by atoms with Gasteiger partial charge < -0.3 is 34.0 Å². The van der Waals surface area contributed by atoms with Crippen molar-refractivity contribution in [2.24, 2.45) is 0 Å². The summed E-state index contributed by atoms with van der Waals surface area (Å²) >= 11 is 0. The molecule has 2 heterocycles. The summed E-state index contributed by atoms with van der Waals surface area (Å²) in [6.45, 7) is 11.7. The maximum absolute atomic E-state index is 15.5. The zero-order valence-corrected chi connectivity index (χ0v) is 25.3. The summed E-state index contributed by atoms with van der Waals surface area (Å²) in [6.07, 6.45) is 0. The third-order valence-electron chi connectivity index (χ3n) is 7.62. The van der Waals surface area contributed by atoms with Gasteiger partial charge in [0.15, 0.2) is 23.1 Å². The average molecular weight is 585 g/mol. The van der Waals surface area contributed by atoms with E-state index in [0.717, 1.165) is 11.3 Å². The second-order valence-corrected chi connectivity index (χ2v) is 11.4. The Hall–Kier alpha value is -3.86. The molecule has 1 amide bonds. The van der Waals surface area contributed by atoms with Gasteiger partial charge in [-0.25, -0.2) is 4.39 Å². The molecule has 42 heavy (non-hydrogen) atoms. The number of benzene rings is 2. The lowest BCUT2D eigenvalue weighted by atomic mass is 9.84. The summed E-state index contributed by atoms with van der Waals surface area (Å²) in [7, 11) is 1.60. The van der Waals surface area contributed by atoms with E-state index in [9.17, 15) is 14.7 Å². The Morgan fingerprint density at radius 1 is 1.02 bits per heavy atom. The van der Waals surface area contributed by atoms with E-state index in [2.05, 4.69) is 4.90 Å². The van der Waals surface area contributed by atoms with Gasteiger partial charge >= 0.3 is 0 Å². The molecule has 1 saturated heterocycles. The van der Waals surface area contributed by atoms with Crippen molar-refractivity contribution in [3.8, 4) is 17.2 Å². The van der Waals surface area contributed by atoms with E-state index in [4.69, 9.17) is 19.6 Å². The summed E-state index contributed by atoms with van der Waals surface area (Å²) in [5.74, 6) is -0.331. The average Bonchev–Trinajstić information content (AvgIpc) is 3.27. The van der Waals surface area contributed by atoms with Crippen molar-refractivity contribution in [2.45, 2.75) is 46.6 Å². The number of hydrogen-bond acceptors (Lipinski definition) is 8. The van der Waals surface area contributed by atoms with Crippen LogP contribution in [0, 0.1) is 11.2 Å². The van der Waals surface area contributed by atoms with Gasteiger partial charge in [0.25, 0.3) is 0 Å². The normalized spacial score (nSPS) is 15.1. The molecule has 0 aliphatic carbocycles. The van der Waals surface area contributed by atoms with Gasteiger partial charge in [0.05, 0.1) is 38.1 Å². The Morgan fingerprint density at radius 3 is 2.26 bits per heavy atom. The molecule has 228 valence electrons. The van der Waals surface area contributed by atoms with Gasteiger partial charge in [0.2, 0.25) is 5.91 Å². The summed E-state index contributed by atoms with van der Waals surface area (Å²) in [5, 5.41) is 18.0. The molecule has 2 aromatic rings. The number of nitrogens with one attached hydrogen (secondary N) is 1. The van der Waals surface area contributed by atoms with Crippen LogP contribution >= 0.6 is 0 Å². The van der Waals surface area contributed by atoms with Crippen molar-refractivity contribution in [3.63, 3.8) is 0 Å². The monoisotopic (exact) mass is 584 g/mol. The second kappa shape index (κ2) is 12.6. The zero-order chi connectivity index (χ0) is 30.8. The molecular formula is C31H41FN4O6. The first kappa shape index (κ1) is 31.1. The van der Waals surface area contributed by atoms with Crippen LogP contribution in [0.2, 0.25) is 0 Å². The number of methoxy groups -OCH3 is 1. The third-order valence-corrected chi connectivity index (χ3v) is 7.62. The SMILES string of the molecule is CCOc1cc2c(c(F)c1OCC)C(=N)N(CC(=O)c1cc(N3CCN(C(=O)CO)CC3)c(OC)c(C(C)(C)C)c1)C2. The first-order valence-electron chi connectivity index (χ1n) is 14.3. The highest BCUT2D eigenvalue weighted by Gasteiger charge is 2.34. The fourth-order valence-corrected chi connectivity index (χ4v) is 5.50. The topological polar surface area (TPSA) is 116 Å². The van der Waals surface area contributed by atoms with Gasteiger partial charge in [-0.2, -0.15) is 0 Å². The molecule has 11 heteroatoms. The lowest BCUT2D eigenvalue weighted by Gasteiger charge is -2.37. The minimum atomic E-state index is -0.654. The molecule has 0 atom stereocenters. The number of aliphatic hydroxyl groups excluding tert-OH is 1. The molecule has 0 saturated carbocycles. The maximum Gasteiger partial charge on any atom is 0.248 e. The fraction of sp³-hybridized carbons (Fsp3) is 0.516. The Bertz CT molecular complexity index is 1360. The van der Waals surface area contributed by atoms with Crippen LogP contribution in [0.3, 0.4) is 0 Å². The fourth-order valence-electron chi connectivity index (χ4n) is 5.50. The number of amidine groups is 1. The number of carbonyl (C=O) groups is 2. The number of anilines is 1. The van der Waals surface area contributed by atoms with Crippen LogP contribution in [0.4, 0.5) is 10.1 Å². The standard InChI is InChI=1S/C31H41FN4O6/c1-7-41-24-15-20-16-36(30(33)26(20)27(32)29(24)42-8-2)17-23(38)19-13-21(31(3,4)5)28(40-6)22(14-19)34-9-11-35(12-10-34)25(39)18-37/h13-15,33,37H,7-12,16-18H2,1-6H3. The molecule has 0 aromatic heterocycles. The Kier molecular flexibility index (Phi) is 9.30. The Labute approximate surface area is 246 Å². The minimum Gasteiger partial charge on any atom is -0.494 e. The smallest absolute Gasteiger partial charge is 0.248 e. The van der Waals surface area contributed by atoms with Gasteiger partial charge in [0.1, 0.15) is 18.2 Å². The van der Waals surface area contributed by atoms with E-state index in [1.807, 2.05) is 26.8 Å². The van der Waals surface area contributed by atoms with E-state index in [0.29, 0.717) is 49.7 Å². The van der Waals surface area contributed by atoms with E-state index in [1.54, 1.807) is 42.9 Å². The number of nitrogens with zero attached hydrogens (tertiary/aromatic N) is 3. The lowest BCUT2D eigenvalue weighted by molar-refractivity contribution is -0.134. The van der Waals surface area contributed by atoms with E-state index >= 15 is 4.39 Å². The number of halogens is 1. The summed E-state index contributed by atoms with van der Waals surface area (Å²) in [5.41, 5.74) is 2.40. The number of aliphatic hydroxyl groups is 1. The van der Waals surface area contributed by atoms with Crippen LogP contribution < -0.4 is 19.1 Å². The number of hydrogen-bond donors (Lipinski definition) is 2. The molecule has 0 unspecified atom stereocenters. The number of fused-ring (bicyclic) bond motifs is 1. The van der Waals surface area contributed by atoms with Crippen molar-refractivity contribution in [2.75, 3.05) is 64.6 Å². The van der Waals surface area contributed by atoms with E-state index < -0.39 is 12.4 Å². The highest BCUT2D eigenvalue weighted by molar-refractivity contribution is 6.06. The predicted octanol–water partition coefficient (Wildman–Crippen LogP) is 3.59. The Morgan fingerprint density at radius 2 is 1.69 bits per heavy atom. The number of ketones is 1. The number of amides is 1. The summed E-state index contributed by atoms with van der Waals surface area (Å²) in [4.78, 5) is 31.0. The largest absolute Gasteiger partial charge is 0.494 e. The van der Waals surface area contributed by atoms with Gasteiger partial charge in [-0.15, -0.1) is 0 Å². The molecule has 0 radical (unpaired) electrons. The maximum atomic E-state index is 15.5. The van der Waals surface area contributed by atoms with Crippen LogP contribution in [-0.4, -0.2) is 92.1 Å². The zero-order valence-electron chi connectivity index (χ0n) is 25.3. The summed E-state index contributed by atoms with van der Waals surface area (Å²) in [6, 6.07) is 5.33. The number of ether oxygens (including phenoxy) is 3. The van der Waals surface area contributed by atoms with E-state index in [-0.39, 0.29) is 59.7 Å². The molecular weight excluding hydrogens is 543 g/mol. The van der Waals surface area contributed by atoms with Crippen molar-refractivity contribution >= 4 is 23.2 Å². The van der Waals surface area contributed by atoms with Crippen LogP contribution in [0.25, 0.3) is 0 Å².